The van der Waals surface area contributed by atoms with Gasteiger partial charge in [-0.3, -0.25) is 4.72 Å². The Morgan fingerprint density at radius 2 is 2.15 bits per heavy atom. The third-order valence-corrected chi connectivity index (χ3v) is 4.73. The molecule has 3 rings (SSSR count). The molecule has 1 aromatic heterocycles. The average Bonchev–Trinajstić information content (AvgIpc) is 2.88. The first-order chi connectivity index (χ1) is 9.56. The Morgan fingerprint density at radius 3 is 2.95 bits per heavy atom. The molecule has 0 atom stereocenters. The Kier molecular flexibility index (Phi) is 3.27. The summed E-state index contributed by atoms with van der Waals surface area (Å²) in [6.07, 6.45) is 2.30. The van der Waals surface area contributed by atoms with E-state index in [-0.39, 0.29) is 15.7 Å². The molecule has 1 aliphatic heterocycles. The minimum Gasteiger partial charge on any atom is -0.384 e. The van der Waals surface area contributed by atoms with Gasteiger partial charge in [-0.05, 0) is 42.3 Å². The smallest absolute Gasteiger partial charge is 0.263 e. The van der Waals surface area contributed by atoms with Gasteiger partial charge in [0.25, 0.3) is 10.0 Å². The van der Waals surface area contributed by atoms with Crippen LogP contribution in [0.3, 0.4) is 0 Å². The summed E-state index contributed by atoms with van der Waals surface area (Å²) in [4.78, 5) is 4.14. The predicted molar refractivity (Wildman–Crippen MR) is 78.7 cm³/mol. The minimum absolute atomic E-state index is 0.132. The molecule has 0 unspecified atom stereocenters. The maximum Gasteiger partial charge on any atom is 0.263 e. The summed E-state index contributed by atoms with van der Waals surface area (Å²) in [6, 6.07) is 8.24. The zero-order chi connectivity index (χ0) is 14.2. The zero-order valence-electron chi connectivity index (χ0n) is 10.4. The van der Waals surface area contributed by atoms with Crippen LogP contribution >= 0.6 is 11.6 Å². The van der Waals surface area contributed by atoms with E-state index in [1.807, 2.05) is 0 Å². The van der Waals surface area contributed by atoms with E-state index >= 15 is 0 Å². The van der Waals surface area contributed by atoms with Gasteiger partial charge >= 0.3 is 0 Å². The molecule has 2 aromatic rings. The second kappa shape index (κ2) is 4.96. The number of nitrogens with one attached hydrogen (secondary N) is 2. The molecular weight excluding hydrogens is 298 g/mol. The van der Waals surface area contributed by atoms with E-state index in [1.165, 1.54) is 6.20 Å². The van der Waals surface area contributed by atoms with Crippen molar-refractivity contribution in [3.63, 3.8) is 0 Å². The second-order valence-electron chi connectivity index (χ2n) is 4.44. The molecule has 0 aliphatic carbocycles. The molecule has 0 radical (unpaired) electrons. The van der Waals surface area contributed by atoms with Crippen molar-refractivity contribution in [1.29, 1.82) is 0 Å². The number of anilines is 2. The van der Waals surface area contributed by atoms with Crippen molar-refractivity contribution in [2.45, 2.75) is 11.3 Å². The van der Waals surface area contributed by atoms with Gasteiger partial charge in [0.05, 0.1) is 9.92 Å². The van der Waals surface area contributed by atoms with Crippen LogP contribution in [0.15, 0.2) is 41.4 Å². The minimum atomic E-state index is -3.68. The lowest BCUT2D eigenvalue weighted by Crippen LogP contribution is -2.14. The number of hydrogen-bond acceptors (Lipinski definition) is 4. The lowest BCUT2D eigenvalue weighted by molar-refractivity contribution is 0.601. The Morgan fingerprint density at radius 1 is 1.30 bits per heavy atom. The van der Waals surface area contributed by atoms with Gasteiger partial charge in [0.2, 0.25) is 0 Å². The van der Waals surface area contributed by atoms with Crippen molar-refractivity contribution in [3.8, 4) is 0 Å². The van der Waals surface area contributed by atoms with Gasteiger partial charge in [-0.2, -0.15) is 0 Å². The summed E-state index contributed by atoms with van der Waals surface area (Å²) in [5.41, 5.74) is 1.99. The van der Waals surface area contributed by atoms with Gasteiger partial charge in [-0.15, -0.1) is 0 Å². The van der Waals surface area contributed by atoms with Crippen molar-refractivity contribution >= 4 is 33.1 Å². The molecule has 20 heavy (non-hydrogen) atoms. The standard InChI is InChI=1S/C13H12ClN3O2S/c14-11-2-1-6-16-13(11)17-20(18,19)10-3-4-12-9(8-10)5-7-15-12/h1-4,6,8,15H,5,7H2,(H,16,17). The summed E-state index contributed by atoms with van der Waals surface area (Å²) in [6.45, 7) is 0.832. The molecule has 0 saturated carbocycles. The number of sulfonamides is 1. The summed E-state index contributed by atoms with van der Waals surface area (Å²) >= 11 is 5.91. The van der Waals surface area contributed by atoms with Crippen LogP contribution in [0.2, 0.25) is 5.02 Å². The van der Waals surface area contributed by atoms with Crippen LogP contribution in [-0.4, -0.2) is 19.9 Å². The van der Waals surface area contributed by atoms with Crippen molar-refractivity contribution in [3.05, 3.63) is 47.1 Å². The first kappa shape index (κ1) is 13.2. The molecule has 5 nitrogen and oxygen atoms in total. The van der Waals surface area contributed by atoms with E-state index in [0.29, 0.717) is 0 Å². The number of hydrogen-bond donors (Lipinski definition) is 2. The van der Waals surface area contributed by atoms with Gasteiger partial charge in [0.1, 0.15) is 0 Å². The van der Waals surface area contributed by atoms with Gasteiger partial charge in [-0.25, -0.2) is 13.4 Å². The van der Waals surface area contributed by atoms with Crippen LogP contribution < -0.4 is 10.0 Å². The highest BCUT2D eigenvalue weighted by Gasteiger charge is 2.19. The molecule has 0 saturated heterocycles. The molecule has 0 bridgehead atoms. The van der Waals surface area contributed by atoms with Crippen molar-refractivity contribution in [1.82, 2.24) is 4.98 Å². The lowest BCUT2D eigenvalue weighted by atomic mass is 10.2. The summed E-state index contributed by atoms with van der Waals surface area (Å²) < 4.78 is 27.0. The second-order valence-corrected chi connectivity index (χ2v) is 6.52. The van der Waals surface area contributed by atoms with Gasteiger partial charge in [0, 0.05) is 18.4 Å². The highest BCUT2D eigenvalue weighted by Crippen LogP contribution is 2.27. The largest absolute Gasteiger partial charge is 0.384 e. The van der Waals surface area contributed by atoms with Crippen LogP contribution in [0.1, 0.15) is 5.56 Å². The highest BCUT2D eigenvalue weighted by atomic mass is 35.5. The van der Waals surface area contributed by atoms with Crippen LogP contribution in [0.4, 0.5) is 11.5 Å². The Labute approximate surface area is 122 Å². The fourth-order valence-corrected chi connectivity index (χ4v) is 3.40. The van der Waals surface area contributed by atoms with E-state index in [9.17, 15) is 8.42 Å². The van der Waals surface area contributed by atoms with Crippen molar-refractivity contribution in [2.75, 3.05) is 16.6 Å². The van der Waals surface area contributed by atoms with Gasteiger partial charge in [0.15, 0.2) is 5.82 Å². The normalized spacial score (nSPS) is 13.7. The van der Waals surface area contributed by atoms with Crippen LogP contribution in [0.25, 0.3) is 0 Å². The SMILES string of the molecule is O=S(=O)(Nc1ncccc1Cl)c1ccc2c(c1)CCN2. The van der Waals surface area contributed by atoms with Crippen LogP contribution in [-0.2, 0) is 16.4 Å². The first-order valence-corrected chi connectivity index (χ1v) is 7.92. The van der Waals surface area contributed by atoms with E-state index in [2.05, 4.69) is 15.0 Å². The third kappa shape index (κ3) is 2.44. The first-order valence-electron chi connectivity index (χ1n) is 6.06. The quantitative estimate of drug-likeness (QED) is 0.914. The molecule has 0 fully saturated rings. The fourth-order valence-electron chi connectivity index (χ4n) is 2.10. The van der Waals surface area contributed by atoms with E-state index in [0.717, 1.165) is 24.2 Å². The van der Waals surface area contributed by atoms with Crippen molar-refractivity contribution in [2.24, 2.45) is 0 Å². The Balaban J connectivity index is 1.94. The monoisotopic (exact) mass is 309 g/mol. The summed E-state index contributed by atoms with van der Waals surface area (Å²) in [7, 11) is -3.68. The van der Waals surface area contributed by atoms with E-state index < -0.39 is 10.0 Å². The molecule has 2 heterocycles. The summed E-state index contributed by atoms with van der Waals surface area (Å²) in [5.74, 6) is 0.132. The van der Waals surface area contributed by atoms with E-state index in [4.69, 9.17) is 11.6 Å². The number of pyridine rings is 1. The maximum atomic E-state index is 12.3. The molecule has 0 spiro atoms. The van der Waals surface area contributed by atoms with E-state index in [1.54, 1.807) is 30.3 Å². The zero-order valence-corrected chi connectivity index (χ0v) is 12.0. The fraction of sp³-hybridized carbons (Fsp3) is 0.154. The number of fused-ring (bicyclic) bond motifs is 1. The number of nitrogens with zero attached hydrogens (tertiary/aromatic N) is 1. The predicted octanol–water partition coefficient (Wildman–Crippen LogP) is 2.50. The lowest BCUT2D eigenvalue weighted by Gasteiger charge is -2.09. The Hall–Kier alpha value is -1.79. The van der Waals surface area contributed by atoms with Gasteiger partial charge in [-0.1, -0.05) is 11.6 Å². The number of halogens is 1. The molecule has 2 N–H and O–H groups in total. The summed E-state index contributed by atoms with van der Waals surface area (Å²) in [5, 5.41) is 3.45. The molecule has 104 valence electrons. The molecule has 7 heteroatoms. The maximum absolute atomic E-state index is 12.3. The third-order valence-electron chi connectivity index (χ3n) is 3.09. The molecular formula is C13H12ClN3O2S. The number of aromatic nitrogens is 1. The average molecular weight is 310 g/mol. The van der Waals surface area contributed by atoms with Crippen LogP contribution in [0, 0.1) is 0 Å². The number of benzene rings is 1. The van der Waals surface area contributed by atoms with Crippen LogP contribution in [0.5, 0.6) is 0 Å². The topological polar surface area (TPSA) is 71.1 Å². The van der Waals surface area contributed by atoms with Crippen molar-refractivity contribution < 1.29 is 8.42 Å². The highest BCUT2D eigenvalue weighted by molar-refractivity contribution is 7.92. The number of rotatable bonds is 3. The Bertz CT molecular complexity index is 762. The molecule has 1 aromatic carbocycles. The molecule has 1 aliphatic rings. The van der Waals surface area contributed by atoms with Gasteiger partial charge < -0.3 is 5.32 Å². The molecule has 0 amide bonds.